The molecule has 1 fully saturated rings. The molecule has 1 nitrogen and oxygen atoms in total. The third-order valence-electron chi connectivity index (χ3n) is 3.19. The predicted molar refractivity (Wildman–Crippen MR) is 48.9 cm³/mol. The van der Waals surface area contributed by atoms with Gasteiger partial charge in [-0.3, -0.25) is 0 Å². The normalized spacial score (nSPS) is 26.2. The SMILES string of the molecule is CC1COCC1CC(F)(F)C(F)(F)C(F)(F)C(F)F. The maximum atomic E-state index is 13.3. The standard InChI is InChI=1S/C10H12F8O/c1-5-3-19-4-6(5)2-8(13,14)10(17,18)9(15,16)7(11)12/h5-7H,2-4H2,1H3. The summed E-state index contributed by atoms with van der Waals surface area (Å²) in [5.74, 6) is -19.0. The van der Waals surface area contributed by atoms with Crippen molar-refractivity contribution < 1.29 is 39.9 Å². The minimum absolute atomic E-state index is 0.0392. The summed E-state index contributed by atoms with van der Waals surface area (Å²) >= 11 is 0. The van der Waals surface area contributed by atoms with Gasteiger partial charge in [-0.1, -0.05) is 6.92 Å². The van der Waals surface area contributed by atoms with Crippen LogP contribution in [0.2, 0.25) is 0 Å². The average Bonchev–Trinajstić information content (AvgIpc) is 2.63. The van der Waals surface area contributed by atoms with Crippen LogP contribution >= 0.6 is 0 Å². The van der Waals surface area contributed by atoms with Crippen LogP contribution in [0.1, 0.15) is 13.3 Å². The topological polar surface area (TPSA) is 9.23 Å². The molecule has 1 heterocycles. The molecule has 0 saturated carbocycles. The van der Waals surface area contributed by atoms with Gasteiger partial charge in [0.25, 0.3) is 0 Å². The quantitative estimate of drug-likeness (QED) is 0.701. The van der Waals surface area contributed by atoms with E-state index in [2.05, 4.69) is 0 Å². The largest absolute Gasteiger partial charge is 0.381 e. The van der Waals surface area contributed by atoms with Crippen molar-refractivity contribution in [3.8, 4) is 0 Å². The Kier molecular flexibility index (Phi) is 4.39. The van der Waals surface area contributed by atoms with Crippen LogP contribution in [0.5, 0.6) is 0 Å². The number of hydrogen-bond acceptors (Lipinski definition) is 1. The summed E-state index contributed by atoms with van der Waals surface area (Å²) in [7, 11) is 0. The Morgan fingerprint density at radius 2 is 1.58 bits per heavy atom. The zero-order valence-electron chi connectivity index (χ0n) is 9.79. The summed E-state index contributed by atoms with van der Waals surface area (Å²) in [6.45, 7) is 1.18. The van der Waals surface area contributed by atoms with Crippen LogP contribution in [0.25, 0.3) is 0 Å². The van der Waals surface area contributed by atoms with Crippen molar-refractivity contribution in [3.05, 3.63) is 0 Å². The third kappa shape index (κ3) is 2.80. The van der Waals surface area contributed by atoms with Crippen molar-refractivity contribution in [2.75, 3.05) is 13.2 Å². The lowest BCUT2D eigenvalue weighted by Crippen LogP contribution is -2.58. The molecule has 0 aromatic carbocycles. The minimum atomic E-state index is -6.11. The lowest BCUT2D eigenvalue weighted by Gasteiger charge is -2.33. The molecule has 1 aliphatic rings. The van der Waals surface area contributed by atoms with Crippen LogP contribution in [0.4, 0.5) is 35.1 Å². The van der Waals surface area contributed by atoms with Crippen LogP contribution in [0.3, 0.4) is 0 Å². The third-order valence-corrected chi connectivity index (χ3v) is 3.19. The number of alkyl halides is 8. The molecule has 0 amide bonds. The summed E-state index contributed by atoms with van der Waals surface area (Å²) in [6, 6.07) is 0. The van der Waals surface area contributed by atoms with Crippen LogP contribution in [-0.4, -0.2) is 37.4 Å². The van der Waals surface area contributed by atoms with Crippen molar-refractivity contribution in [1.82, 2.24) is 0 Å². The molecule has 0 spiro atoms. The Bertz CT molecular complexity index is 317. The summed E-state index contributed by atoms with van der Waals surface area (Å²) in [5, 5.41) is 0. The summed E-state index contributed by atoms with van der Waals surface area (Å²) in [4.78, 5) is 0. The molecule has 0 aromatic heterocycles. The molecular weight excluding hydrogens is 288 g/mol. The van der Waals surface area contributed by atoms with Crippen LogP contribution < -0.4 is 0 Å². The average molecular weight is 300 g/mol. The van der Waals surface area contributed by atoms with E-state index in [0.717, 1.165) is 0 Å². The van der Waals surface area contributed by atoms with E-state index in [-0.39, 0.29) is 13.2 Å². The number of ether oxygens (including phenoxy) is 1. The first-order valence-corrected chi connectivity index (χ1v) is 5.43. The first kappa shape index (κ1) is 16.5. The van der Waals surface area contributed by atoms with Gasteiger partial charge in [0.15, 0.2) is 0 Å². The summed E-state index contributed by atoms with van der Waals surface area (Å²) in [5.41, 5.74) is 0. The highest BCUT2D eigenvalue weighted by Crippen LogP contribution is 2.51. The van der Waals surface area contributed by atoms with E-state index in [4.69, 9.17) is 4.74 Å². The lowest BCUT2D eigenvalue weighted by atomic mass is 9.88. The lowest BCUT2D eigenvalue weighted by molar-refractivity contribution is -0.341. The molecule has 0 N–H and O–H groups in total. The fraction of sp³-hybridized carbons (Fsp3) is 1.00. The smallest absolute Gasteiger partial charge is 0.377 e. The second-order valence-corrected chi connectivity index (χ2v) is 4.68. The van der Waals surface area contributed by atoms with Gasteiger partial charge < -0.3 is 4.74 Å². The molecule has 1 saturated heterocycles. The van der Waals surface area contributed by atoms with Gasteiger partial charge >= 0.3 is 24.2 Å². The van der Waals surface area contributed by atoms with E-state index >= 15 is 0 Å². The van der Waals surface area contributed by atoms with Gasteiger partial charge in [-0.25, -0.2) is 8.78 Å². The molecule has 0 aromatic rings. The fourth-order valence-electron chi connectivity index (χ4n) is 1.80. The van der Waals surface area contributed by atoms with E-state index in [1.165, 1.54) is 6.92 Å². The molecule has 1 aliphatic heterocycles. The molecule has 9 heteroatoms. The first-order valence-electron chi connectivity index (χ1n) is 5.43. The molecule has 2 atom stereocenters. The predicted octanol–water partition coefficient (Wildman–Crippen LogP) is 3.83. The Balaban J connectivity index is 2.91. The highest BCUT2D eigenvalue weighted by molar-refractivity contribution is 4.99. The van der Waals surface area contributed by atoms with Gasteiger partial charge in [0.05, 0.1) is 0 Å². The van der Waals surface area contributed by atoms with Crippen LogP contribution in [0, 0.1) is 11.8 Å². The second-order valence-electron chi connectivity index (χ2n) is 4.68. The van der Waals surface area contributed by atoms with Gasteiger partial charge in [0.2, 0.25) is 0 Å². The van der Waals surface area contributed by atoms with Gasteiger partial charge in [0.1, 0.15) is 0 Å². The Hall–Kier alpha value is -0.600. The molecule has 114 valence electrons. The van der Waals surface area contributed by atoms with Crippen molar-refractivity contribution in [1.29, 1.82) is 0 Å². The van der Waals surface area contributed by atoms with E-state index < -0.39 is 42.4 Å². The Labute approximate surface area is 103 Å². The monoisotopic (exact) mass is 300 g/mol. The van der Waals surface area contributed by atoms with Gasteiger partial charge in [-0.15, -0.1) is 0 Å². The molecule has 0 bridgehead atoms. The molecule has 19 heavy (non-hydrogen) atoms. The van der Waals surface area contributed by atoms with Crippen molar-refractivity contribution in [3.63, 3.8) is 0 Å². The number of halogens is 8. The van der Waals surface area contributed by atoms with Crippen LogP contribution in [0.15, 0.2) is 0 Å². The number of rotatable bonds is 5. The summed E-state index contributed by atoms with van der Waals surface area (Å²) < 4.78 is 106. The van der Waals surface area contributed by atoms with E-state index in [0.29, 0.717) is 0 Å². The van der Waals surface area contributed by atoms with Crippen LogP contribution in [-0.2, 0) is 4.74 Å². The number of hydrogen-bond donors (Lipinski definition) is 0. The van der Waals surface area contributed by atoms with Crippen molar-refractivity contribution >= 4 is 0 Å². The molecule has 0 aliphatic carbocycles. The zero-order chi connectivity index (χ0) is 15.1. The Morgan fingerprint density at radius 1 is 1.05 bits per heavy atom. The van der Waals surface area contributed by atoms with Gasteiger partial charge in [0, 0.05) is 19.6 Å². The molecule has 2 unspecified atom stereocenters. The molecular formula is C10H12F8O. The van der Waals surface area contributed by atoms with Crippen molar-refractivity contribution in [2.45, 2.75) is 37.5 Å². The van der Waals surface area contributed by atoms with Crippen molar-refractivity contribution in [2.24, 2.45) is 11.8 Å². The van der Waals surface area contributed by atoms with E-state index in [1.807, 2.05) is 0 Å². The second kappa shape index (κ2) is 5.06. The Morgan fingerprint density at radius 3 is 1.95 bits per heavy atom. The zero-order valence-corrected chi connectivity index (χ0v) is 9.79. The maximum absolute atomic E-state index is 13.3. The maximum Gasteiger partial charge on any atom is 0.377 e. The van der Waals surface area contributed by atoms with E-state index in [9.17, 15) is 35.1 Å². The van der Waals surface area contributed by atoms with Gasteiger partial charge in [-0.2, -0.15) is 26.3 Å². The fourth-order valence-corrected chi connectivity index (χ4v) is 1.80. The highest BCUT2D eigenvalue weighted by Gasteiger charge is 2.75. The van der Waals surface area contributed by atoms with E-state index in [1.54, 1.807) is 0 Å². The van der Waals surface area contributed by atoms with Gasteiger partial charge in [-0.05, 0) is 11.8 Å². The highest BCUT2D eigenvalue weighted by atomic mass is 19.4. The molecule has 1 rings (SSSR count). The minimum Gasteiger partial charge on any atom is -0.381 e. The first-order chi connectivity index (χ1) is 8.43. The molecule has 0 radical (unpaired) electrons. The summed E-state index contributed by atoms with van der Waals surface area (Å²) in [6.07, 6.45) is -6.49.